The van der Waals surface area contributed by atoms with Crippen LogP contribution >= 0.6 is 0 Å². The molecule has 7 nitrogen and oxygen atoms in total. The van der Waals surface area contributed by atoms with Gasteiger partial charge in [-0.2, -0.15) is 0 Å². The Morgan fingerprint density at radius 1 is 1.19 bits per heavy atom. The molecule has 0 aromatic heterocycles. The summed E-state index contributed by atoms with van der Waals surface area (Å²) >= 11 is 0. The molecule has 0 bridgehead atoms. The maximum atomic E-state index is 13.1. The predicted molar refractivity (Wildman–Crippen MR) is 123 cm³/mol. The van der Waals surface area contributed by atoms with E-state index in [0.717, 1.165) is 103 Å². The van der Waals surface area contributed by atoms with Crippen molar-refractivity contribution >= 4 is 11.6 Å². The number of hydrogen-bond acceptors (Lipinski definition) is 5. The summed E-state index contributed by atoms with van der Waals surface area (Å²) < 4.78 is 24.2. The Bertz CT molecular complexity index is 644. The highest BCUT2D eigenvalue weighted by Gasteiger charge is 2.17. The van der Waals surface area contributed by atoms with Crippen LogP contribution in [0, 0.1) is 11.7 Å². The number of nitrogens with one attached hydrogen (secondary N) is 2. The number of halogens is 1. The lowest BCUT2D eigenvalue weighted by Gasteiger charge is -2.36. The first kappa shape index (κ1) is 23.8. The standard InChI is InChI=1S/C23H38FN5O2/c1-2-25-23(26-9-3-16-30-18-20-8-17-31-19-20)27-10-11-28-12-14-29(15-13-28)22-6-4-21(24)5-7-22/h4-7,20H,2-3,8-19H2,1H3,(H2,25,26,27). The molecule has 2 N–H and O–H groups in total. The Hall–Kier alpha value is -1.90. The van der Waals surface area contributed by atoms with Gasteiger partial charge in [0.15, 0.2) is 5.96 Å². The number of aliphatic imine (C=N–C) groups is 1. The third-order valence-electron chi connectivity index (χ3n) is 5.72. The van der Waals surface area contributed by atoms with E-state index in [1.807, 2.05) is 12.1 Å². The molecule has 2 aliphatic heterocycles. The molecule has 174 valence electrons. The predicted octanol–water partition coefficient (Wildman–Crippen LogP) is 1.95. The molecule has 2 saturated heterocycles. The molecule has 1 aromatic rings. The normalized spacial score (nSPS) is 20.3. The van der Waals surface area contributed by atoms with E-state index in [-0.39, 0.29) is 5.82 Å². The van der Waals surface area contributed by atoms with Gasteiger partial charge < -0.3 is 25.0 Å². The molecule has 0 amide bonds. The van der Waals surface area contributed by atoms with Gasteiger partial charge in [-0.3, -0.25) is 9.89 Å². The van der Waals surface area contributed by atoms with E-state index in [4.69, 9.17) is 9.47 Å². The second kappa shape index (κ2) is 13.5. The van der Waals surface area contributed by atoms with E-state index in [0.29, 0.717) is 5.92 Å². The highest BCUT2D eigenvalue weighted by molar-refractivity contribution is 5.79. The summed E-state index contributed by atoms with van der Waals surface area (Å²) in [5, 5.41) is 6.75. The topological polar surface area (TPSA) is 61.4 Å². The van der Waals surface area contributed by atoms with E-state index in [9.17, 15) is 4.39 Å². The molecule has 2 fully saturated rings. The minimum absolute atomic E-state index is 0.182. The SMILES string of the molecule is CCNC(=NCCCOCC1CCOC1)NCCN1CCN(c2ccc(F)cc2)CC1. The van der Waals surface area contributed by atoms with Crippen LogP contribution in [0.5, 0.6) is 0 Å². The van der Waals surface area contributed by atoms with Crippen LogP contribution in [0.3, 0.4) is 0 Å². The van der Waals surface area contributed by atoms with Gasteiger partial charge in [-0.1, -0.05) is 0 Å². The molecule has 0 saturated carbocycles. The van der Waals surface area contributed by atoms with Gasteiger partial charge in [-0.15, -0.1) is 0 Å². The van der Waals surface area contributed by atoms with Crippen molar-refractivity contribution < 1.29 is 13.9 Å². The van der Waals surface area contributed by atoms with Gasteiger partial charge in [0, 0.05) is 77.2 Å². The Morgan fingerprint density at radius 3 is 2.71 bits per heavy atom. The fourth-order valence-corrected chi connectivity index (χ4v) is 3.88. The van der Waals surface area contributed by atoms with Crippen LogP contribution in [0.1, 0.15) is 19.8 Å². The van der Waals surface area contributed by atoms with Crippen molar-refractivity contribution in [2.75, 3.05) is 83.7 Å². The number of nitrogens with zero attached hydrogens (tertiary/aromatic N) is 3. The first-order chi connectivity index (χ1) is 15.2. The second-order valence-corrected chi connectivity index (χ2v) is 8.15. The van der Waals surface area contributed by atoms with E-state index in [1.165, 1.54) is 12.1 Å². The monoisotopic (exact) mass is 435 g/mol. The van der Waals surface area contributed by atoms with Gasteiger partial charge in [-0.05, 0) is 44.0 Å². The Labute approximate surface area is 186 Å². The third-order valence-corrected chi connectivity index (χ3v) is 5.72. The summed E-state index contributed by atoms with van der Waals surface area (Å²) in [6.45, 7) is 12.7. The van der Waals surface area contributed by atoms with Crippen LogP contribution in [-0.4, -0.2) is 89.6 Å². The average Bonchev–Trinajstić information content (AvgIpc) is 3.31. The quantitative estimate of drug-likeness (QED) is 0.315. The van der Waals surface area contributed by atoms with Crippen LogP contribution in [0.2, 0.25) is 0 Å². The average molecular weight is 436 g/mol. The fraction of sp³-hybridized carbons (Fsp3) is 0.696. The number of guanidine groups is 1. The minimum Gasteiger partial charge on any atom is -0.381 e. The van der Waals surface area contributed by atoms with Crippen molar-refractivity contribution in [2.24, 2.45) is 10.9 Å². The number of rotatable bonds is 11. The van der Waals surface area contributed by atoms with E-state index in [1.54, 1.807) is 0 Å². The number of anilines is 1. The van der Waals surface area contributed by atoms with Crippen LogP contribution in [-0.2, 0) is 9.47 Å². The van der Waals surface area contributed by atoms with Gasteiger partial charge in [0.2, 0.25) is 0 Å². The van der Waals surface area contributed by atoms with E-state index >= 15 is 0 Å². The zero-order valence-electron chi connectivity index (χ0n) is 18.8. The fourth-order valence-electron chi connectivity index (χ4n) is 3.88. The molecular weight excluding hydrogens is 397 g/mol. The lowest BCUT2D eigenvalue weighted by Crippen LogP contribution is -2.49. The van der Waals surface area contributed by atoms with Gasteiger partial charge in [0.25, 0.3) is 0 Å². The second-order valence-electron chi connectivity index (χ2n) is 8.15. The molecule has 1 atom stereocenters. The molecule has 3 rings (SSSR count). The molecule has 0 spiro atoms. The summed E-state index contributed by atoms with van der Waals surface area (Å²) in [7, 11) is 0. The van der Waals surface area contributed by atoms with Crippen molar-refractivity contribution in [1.82, 2.24) is 15.5 Å². The molecule has 2 aliphatic rings. The van der Waals surface area contributed by atoms with Crippen molar-refractivity contribution in [3.05, 3.63) is 30.1 Å². The zero-order chi connectivity index (χ0) is 21.7. The van der Waals surface area contributed by atoms with Crippen LogP contribution < -0.4 is 15.5 Å². The number of hydrogen-bond donors (Lipinski definition) is 2. The minimum atomic E-state index is -0.182. The maximum Gasteiger partial charge on any atom is 0.191 e. The third kappa shape index (κ3) is 8.63. The Balaban J connectivity index is 1.27. The highest BCUT2D eigenvalue weighted by atomic mass is 19.1. The molecule has 0 aliphatic carbocycles. The lowest BCUT2D eigenvalue weighted by atomic mass is 10.1. The zero-order valence-corrected chi connectivity index (χ0v) is 18.8. The number of ether oxygens (including phenoxy) is 2. The van der Waals surface area contributed by atoms with Gasteiger partial charge in [-0.25, -0.2) is 4.39 Å². The van der Waals surface area contributed by atoms with Crippen molar-refractivity contribution in [2.45, 2.75) is 19.8 Å². The number of benzene rings is 1. The van der Waals surface area contributed by atoms with E-state index in [2.05, 4.69) is 32.3 Å². The van der Waals surface area contributed by atoms with Crippen molar-refractivity contribution in [3.8, 4) is 0 Å². The Morgan fingerprint density at radius 2 is 2.00 bits per heavy atom. The molecule has 8 heteroatoms. The largest absolute Gasteiger partial charge is 0.381 e. The number of piperazine rings is 1. The molecular formula is C23H38FN5O2. The smallest absolute Gasteiger partial charge is 0.191 e. The summed E-state index contributed by atoms with van der Waals surface area (Å²) in [6, 6.07) is 6.79. The molecule has 31 heavy (non-hydrogen) atoms. The van der Waals surface area contributed by atoms with Gasteiger partial charge in [0.05, 0.1) is 13.2 Å². The summed E-state index contributed by atoms with van der Waals surface area (Å²) in [5.41, 5.74) is 1.10. The van der Waals surface area contributed by atoms with Crippen molar-refractivity contribution in [3.63, 3.8) is 0 Å². The molecule has 1 aromatic carbocycles. The van der Waals surface area contributed by atoms with Crippen LogP contribution in [0.4, 0.5) is 10.1 Å². The Kier molecular flexibility index (Phi) is 10.3. The highest BCUT2D eigenvalue weighted by Crippen LogP contribution is 2.16. The molecule has 0 radical (unpaired) electrons. The summed E-state index contributed by atoms with van der Waals surface area (Å²) in [6.07, 6.45) is 2.05. The summed E-state index contributed by atoms with van der Waals surface area (Å²) in [4.78, 5) is 9.43. The van der Waals surface area contributed by atoms with E-state index < -0.39 is 0 Å². The maximum absolute atomic E-state index is 13.1. The summed E-state index contributed by atoms with van der Waals surface area (Å²) in [5.74, 6) is 1.26. The molecule has 1 unspecified atom stereocenters. The lowest BCUT2D eigenvalue weighted by molar-refractivity contribution is 0.0893. The van der Waals surface area contributed by atoms with Crippen molar-refractivity contribution in [1.29, 1.82) is 0 Å². The van der Waals surface area contributed by atoms with Crippen LogP contribution in [0.25, 0.3) is 0 Å². The first-order valence-corrected chi connectivity index (χ1v) is 11.6. The molecule has 2 heterocycles. The first-order valence-electron chi connectivity index (χ1n) is 11.6. The van der Waals surface area contributed by atoms with Crippen LogP contribution in [0.15, 0.2) is 29.3 Å². The van der Waals surface area contributed by atoms with Gasteiger partial charge in [0.1, 0.15) is 5.82 Å². The van der Waals surface area contributed by atoms with Gasteiger partial charge >= 0.3 is 0 Å².